The summed E-state index contributed by atoms with van der Waals surface area (Å²) in [6.45, 7) is 4.54. The number of fused-ring (bicyclic) bond motifs is 1. The number of benzene rings is 1. The van der Waals surface area contributed by atoms with Crippen LogP contribution in [0.25, 0.3) is 11.3 Å². The molecule has 24 heavy (non-hydrogen) atoms. The first-order valence-electron chi connectivity index (χ1n) is 8.76. The second kappa shape index (κ2) is 6.20. The monoisotopic (exact) mass is 341 g/mol. The number of carbonyl (C=O) groups is 1. The van der Waals surface area contributed by atoms with Crippen molar-refractivity contribution < 1.29 is 4.79 Å². The van der Waals surface area contributed by atoms with Crippen LogP contribution in [0.4, 0.5) is 10.8 Å². The predicted molar refractivity (Wildman–Crippen MR) is 99.9 cm³/mol. The molecule has 0 N–H and O–H groups in total. The third-order valence-electron chi connectivity index (χ3n) is 5.34. The van der Waals surface area contributed by atoms with Gasteiger partial charge in [-0.05, 0) is 36.5 Å². The first kappa shape index (κ1) is 15.6. The minimum atomic E-state index is 0.200. The van der Waals surface area contributed by atoms with E-state index in [4.69, 9.17) is 4.98 Å². The van der Waals surface area contributed by atoms with E-state index >= 15 is 0 Å². The van der Waals surface area contributed by atoms with Crippen LogP contribution in [0.5, 0.6) is 0 Å². The van der Waals surface area contributed by atoms with Gasteiger partial charge in [0.2, 0.25) is 5.91 Å². The number of amides is 1. The Morgan fingerprint density at radius 2 is 2.21 bits per heavy atom. The molecule has 1 amide bonds. The molecule has 2 aliphatic rings. The van der Waals surface area contributed by atoms with Crippen molar-refractivity contribution in [2.75, 3.05) is 29.9 Å². The van der Waals surface area contributed by atoms with Crippen molar-refractivity contribution in [3.63, 3.8) is 0 Å². The Kier molecular flexibility index (Phi) is 4.04. The molecule has 1 atom stereocenters. The maximum atomic E-state index is 11.8. The first-order valence-corrected chi connectivity index (χ1v) is 9.64. The van der Waals surface area contributed by atoms with Gasteiger partial charge in [-0.15, -0.1) is 11.3 Å². The Hall–Kier alpha value is -1.88. The number of rotatable bonds is 3. The van der Waals surface area contributed by atoms with E-state index in [0.717, 1.165) is 47.5 Å². The number of hydrogen-bond acceptors (Lipinski definition) is 4. The zero-order chi connectivity index (χ0) is 16.7. The summed E-state index contributed by atoms with van der Waals surface area (Å²) in [5.41, 5.74) is 4.50. The summed E-state index contributed by atoms with van der Waals surface area (Å²) in [6, 6.07) is 6.35. The van der Waals surface area contributed by atoms with E-state index in [2.05, 4.69) is 35.4 Å². The molecule has 0 saturated carbocycles. The largest absolute Gasteiger partial charge is 0.348 e. The molecular formula is C19H23N3OS. The van der Waals surface area contributed by atoms with Crippen molar-refractivity contribution >= 4 is 28.1 Å². The maximum absolute atomic E-state index is 11.8. The van der Waals surface area contributed by atoms with Crippen molar-refractivity contribution in [1.29, 1.82) is 0 Å². The smallest absolute Gasteiger partial charge is 0.227 e. The lowest BCUT2D eigenvalue weighted by Gasteiger charge is -2.26. The van der Waals surface area contributed by atoms with Crippen molar-refractivity contribution in [2.45, 2.75) is 32.6 Å². The lowest BCUT2D eigenvalue weighted by molar-refractivity contribution is -0.118. The van der Waals surface area contributed by atoms with Crippen molar-refractivity contribution in [2.24, 2.45) is 5.92 Å². The Morgan fingerprint density at radius 1 is 1.33 bits per heavy atom. The van der Waals surface area contributed by atoms with Crippen molar-refractivity contribution in [1.82, 2.24) is 4.98 Å². The highest BCUT2D eigenvalue weighted by atomic mass is 32.1. The quantitative estimate of drug-likeness (QED) is 0.848. The van der Waals surface area contributed by atoms with Gasteiger partial charge in [-0.2, -0.15) is 0 Å². The Balaban J connectivity index is 1.58. The van der Waals surface area contributed by atoms with Crippen LogP contribution < -0.4 is 9.80 Å². The molecule has 4 rings (SSSR count). The molecule has 0 spiro atoms. The van der Waals surface area contributed by atoms with Gasteiger partial charge in [0, 0.05) is 43.2 Å². The minimum absolute atomic E-state index is 0.200. The van der Waals surface area contributed by atoms with Crippen LogP contribution in [0.2, 0.25) is 0 Å². The molecule has 1 aromatic carbocycles. The molecule has 2 aromatic rings. The molecular weight excluding hydrogens is 318 g/mol. The Morgan fingerprint density at radius 3 is 3.00 bits per heavy atom. The summed E-state index contributed by atoms with van der Waals surface area (Å²) in [4.78, 5) is 20.9. The van der Waals surface area contributed by atoms with Crippen LogP contribution in [-0.4, -0.2) is 31.0 Å². The van der Waals surface area contributed by atoms with Crippen molar-refractivity contribution in [3.05, 3.63) is 29.1 Å². The van der Waals surface area contributed by atoms with Gasteiger partial charge in [-0.1, -0.05) is 19.4 Å². The van der Waals surface area contributed by atoms with Gasteiger partial charge in [0.25, 0.3) is 0 Å². The molecule has 4 nitrogen and oxygen atoms in total. The lowest BCUT2D eigenvalue weighted by atomic mass is 9.98. The minimum Gasteiger partial charge on any atom is -0.348 e. The van der Waals surface area contributed by atoms with E-state index in [-0.39, 0.29) is 5.91 Å². The van der Waals surface area contributed by atoms with Gasteiger partial charge in [0.15, 0.2) is 5.13 Å². The highest BCUT2D eigenvalue weighted by Gasteiger charge is 2.24. The van der Waals surface area contributed by atoms with Crippen LogP contribution in [0.15, 0.2) is 23.6 Å². The molecule has 0 aliphatic carbocycles. The molecule has 0 bridgehead atoms. The predicted octanol–water partition coefficient (Wildman–Crippen LogP) is 3.96. The molecule has 0 radical (unpaired) electrons. The average molecular weight is 341 g/mol. The molecule has 1 aromatic heterocycles. The summed E-state index contributed by atoms with van der Waals surface area (Å²) >= 11 is 1.74. The molecule has 3 heterocycles. The van der Waals surface area contributed by atoms with Gasteiger partial charge in [0.05, 0.1) is 5.69 Å². The Bertz CT molecular complexity index is 770. The summed E-state index contributed by atoms with van der Waals surface area (Å²) in [5, 5.41) is 3.31. The fraction of sp³-hybridized carbons (Fsp3) is 0.474. The lowest BCUT2D eigenvalue weighted by Crippen LogP contribution is -2.30. The van der Waals surface area contributed by atoms with Crippen LogP contribution in [-0.2, 0) is 11.2 Å². The second-order valence-electron chi connectivity index (χ2n) is 6.82. The van der Waals surface area contributed by atoms with Gasteiger partial charge in [0.1, 0.15) is 0 Å². The molecule has 1 fully saturated rings. The zero-order valence-corrected chi connectivity index (χ0v) is 15.1. The molecule has 5 heteroatoms. The number of hydrogen-bond donors (Lipinski definition) is 0. The summed E-state index contributed by atoms with van der Waals surface area (Å²) in [7, 11) is 1.86. The van der Waals surface area contributed by atoms with E-state index in [1.165, 1.54) is 18.4 Å². The molecule has 2 aliphatic heterocycles. The highest BCUT2D eigenvalue weighted by Crippen LogP contribution is 2.34. The standard InChI is InChI=1S/C19H23N3OS/c1-3-13-8-9-22(11-13)19-20-16(12-24-19)14-4-6-17-15(10-14)5-7-18(23)21(17)2/h4,6,10,12-13H,3,5,7-9,11H2,1-2H3. The average Bonchev–Trinajstić information content (AvgIpc) is 3.26. The normalized spacial score (nSPS) is 20.6. The van der Waals surface area contributed by atoms with E-state index in [9.17, 15) is 4.79 Å². The second-order valence-corrected chi connectivity index (χ2v) is 7.66. The van der Waals surface area contributed by atoms with Gasteiger partial charge in [-0.3, -0.25) is 4.79 Å². The number of thiazole rings is 1. The summed E-state index contributed by atoms with van der Waals surface area (Å²) in [6.07, 6.45) is 3.96. The molecule has 1 unspecified atom stereocenters. The summed E-state index contributed by atoms with van der Waals surface area (Å²) < 4.78 is 0. The van der Waals surface area contributed by atoms with Gasteiger partial charge in [-0.25, -0.2) is 4.98 Å². The number of nitrogens with zero attached hydrogens (tertiary/aromatic N) is 3. The fourth-order valence-electron chi connectivity index (χ4n) is 3.70. The van der Waals surface area contributed by atoms with Crippen LogP contribution in [0.3, 0.4) is 0 Å². The highest BCUT2D eigenvalue weighted by molar-refractivity contribution is 7.14. The van der Waals surface area contributed by atoms with E-state index in [1.54, 1.807) is 16.2 Å². The molecule has 1 saturated heterocycles. The third-order valence-corrected chi connectivity index (χ3v) is 6.25. The SMILES string of the molecule is CCC1CCN(c2nc(-c3ccc4c(c3)CCC(=O)N4C)cs2)C1. The number of aromatic nitrogens is 1. The van der Waals surface area contributed by atoms with Crippen molar-refractivity contribution in [3.8, 4) is 11.3 Å². The summed E-state index contributed by atoms with van der Waals surface area (Å²) in [5.74, 6) is 1.01. The van der Waals surface area contributed by atoms with Crippen LogP contribution in [0.1, 0.15) is 31.7 Å². The van der Waals surface area contributed by atoms with Crippen LogP contribution in [0, 0.1) is 5.92 Å². The van der Waals surface area contributed by atoms with E-state index in [0.29, 0.717) is 6.42 Å². The zero-order valence-electron chi connectivity index (χ0n) is 14.3. The Labute approximate surface area is 147 Å². The van der Waals surface area contributed by atoms with Crippen LogP contribution >= 0.6 is 11.3 Å². The van der Waals surface area contributed by atoms with E-state index in [1.807, 2.05) is 7.05 Å². The molecule has 126 valence electrons. The number of aryl methyl sites for hydroxylation is 1. The number of carbonyl (C=O) groups excluding carboxylic acids is 1. The van der Waals surface area contributed by atoms with E-state index < -0.39 is 0 Å². The topological polar surface area (TPSA) is 36.4 Å². The first-order chi connectivity index (χ1) is 11.7. The van der Waals surface area contributed by atoms with Gasteiger partial charge >= 0.3 is 0 Å². The van der Waals surface area contributed by atoms with Gasteiger partial charge < -0.3 is 9.80 Å². The maximum Gasteiger partial charge on any atom is 0.227 e. The third kappa shape index (κ3) is 2.71. The fourth-order valence-corrected chi connectivity index (χ4v) is 4.57. The number of anilines is 2.